The highest BCUT2D eigenvalue weighted by atomic mass is 35.5. The lowest BCUT2D eigenvalue weighted by molar-refractivity contribution is 0.0606. The van der Waals surface area contributed by atoms with Crippen LogP contribution in [0.4, 0.5) is 0 Å². The first-order valence-corrected chi connectivity index (χ1v) is 7.03. The molecule has 21 heavy (non-hydrogen) atoms. The lowest BCUT2D eigenvalue weighted by Crippen LogP contribution is -2.14. The maximum absolute atomic E-state index is 12.0. The van der Waals surface area contributed by atoms with Crippen LogP contribution in [0.5, 0.6) is 0 Å². The van der Waals surface area contributed by atoms with Crippen LogP contribution in [0.25, 0.3) is 16.3 Å². The minimum absolute atomic E-state index is 0.185. The number of ether oxygens (including phenoxy) is 1. The van der Waals surface area contributed by atoms with Gasteiger partial charge in [0, 0.05) is 16.7 Å². The monoisotopic (exact) mass is 321 g/mol. The summed E-state index contributed by atoms with van der Waals surface area (Å²) in [6, 6.07) is 8.12. The molecule has 106 valence electrons. The Morgan fingerprint density at radius 3 is 2.71 bits per heavy atom. The third-order valence-electron chi connectivity index (χ3n) is 2.73. The van der Waals surface area contributed by atoms with Crippen LogP contribution in [-0.4, -0.2) is 27.7 Å². The Morgan fingerprint density at radius 1 is 1.33 bits per heavy atom. The minimum Gasteiger partial charge on any atom is -0.465 e. The number of benzene rings is 1. The molecule has 0 bridgehead atoms. The number of rotatable bonds is 2. The molecule has 0 unspecified atom stereocenters. The molecule has 0 spiro atoms. The molecule has 3 aromatic rings. The maximum atomic E-state index is 12.0. The fourth-order valence-corrected chi connectivity index (χ4v) is 2.73. The van der Waals surface area contributed by atoms with E-state index in [1.54, 1.807) is 24.3 Å². The third kappa shape index (κ3) is 2.53. The van der Waals surface area contributed by atoms with Crippen LogP contribution in [0.15, 0.2) is 35.1 Å². The molecule has 0 aliphatic heterocycles. The highest BCUT2D eigenvalue weighted by Gasteiger charge is 2.14. The normalized spacial score (nSPS) is 10.8. The van der Waals surface area contributed by atoms with Crippen LogP contribution in [0.2, 0.25) is 5.02 Å². The van der Waals surface area contributed by atoms with Crippen LogP contribution in [-0.2, 0) is 4.74 Å². The van der Waals surface area contributed by atoms with Crippen molar-refractivity contribution in [3.63, 3.8) is 0 Å². The first kappa shape index (κ1) is 13.7. The molecule has 0 saturated heterocycles. The Hall–Kier alpha value is -2.25. The Kier molecular flexibility index (Phi) is 3.44. The Morgan fingerprint density at radius 2 is 2.05 bits per heavy atom. The highest BCUT2D eigenvalue weighted by molar-refractivity contribution is 7.18. The number of carbonyl (C=O) groups is 1. The van der Waals surface area contributed by atoms with Crippen LogP contribution < -0.4 is 5.56 Å². The second-order valence-electron chi connectivity index (χ2n) is 4.08. The van der Waals surface area contributed by atoms with Crippen LogP contribution in [0.1, 0.15) is 9.67 Å². The fourth-order valence-electron chi connectivity index (χ4n) is 1.73. The maximum Gasteiger partial charge on any atom is 0.348 e. The van der Waals surface area contributed by atoms with E-state index < -0.39 is 11.5 Å². The summed E-state index contributed by atoms with van der Waals surface area (Å²) in [5.74, 6) is -0.183. The summed E-state index contributed by atoms with van der Waals surface area (Å²) in [6.07, 6.45) is 0. The number of esters is 1. The van der Waals surface area contributed by atoms with E-state index in [1.807, 2.05) is 0 Å². The molecule has 6 nitrogen and oxygen atoms in total. The van der Waals surface area contributed by atoms with E-state index in [0.29, 0.717) is 15.8 Å². The SMILES string of the molecule is COC(=O)c1cc(=O)n2nc(-c3ccc(Cl)cc3)nc2s1. The van der Waals surface area contributed by atoms with Crippen molar-refractivity contribution in [1.82, 2.24) is 14.6 Å². The standard InChI is InChI=1S/C13H8ClN3O3S/c1-20-12(19)9-6-10(18)17-13(21-9)15-11(16-17)7-2-4-8(14)5-3-7/h2-6H,1H3. The smallest absolute Gasteiger partial charge is 0.348 e. The van der Waals surface area contributed by atoms with Crippen molar-refractivity contribution in [3.05, 3.63) is 50.6 Å². The van der Waals surface area contributed by atoms with Gasteiger partial charge in [-0.1, -0.05) is 22.9 Å². The second kappa shape index (κ2) is 5.27. The minimum atomic E-state index is -0.573. The van der Waals surface area contributed by atoms with Crippen molar-refractivity contribution in [3.8, 4) is 11.4 Å². The average molecular weight is 322 g/mol. The number of fused-ring (bicyclic) bond motifs is 1. The summed E-state index contributed by atoms with van der Waals surface area (Å²) in [5.41, 5.74) is 0.297. The number of nitrogens with zero attached hydrogens (tertiary/aromatic N) is 3. The van der Waals surface area contributed by atoms with E-state index in [9.17, 15) is 9.59 Å². The van der Waals surface area contributed by atoms with Crippen molar-refractivity contribution in [1.29, 1.82) is 0 Å². The van der Waals surface area contributed by atoms with Gasteiger partial charge in [-0.25, -0.2) is 4.79 Å². The lowest BCUT2D eigenvalue weighted by atomic mass is 10.2. The predicted molar refractivity (Wildman–Crippen MR) is 78.9 cm³/mol. The zero-order chi connectivity index (χ0) is 15.0. The first-order valence-electron chi connectivity index (χ1n) is 5.83. The molecule has 0 N–H and O–H groups in total. The van der Waals surface area contributed by atoms with Crippen LogP contribution in [0.3, 0.4) is 0 Å². The summed E-state index contributed by atoms with van der Waals surface area (Å²) >= 11 is 6.87. The van der Waals surface area contributed by atoms with Crippen molar-refractivity contribution in [2.45, 2.75) is 0 Å². The van der Waals surface area contributed by atoms with Gasteiger partial charge in [-0.3, -0.25) is 4.79 Å². The van der Waals surface area contributed by atoms with Gasteiger partial charge in [-0.2, -0.15) is 9.50 Å². The van der Waals surface area contributed by atoms with Gasteiger partial charge in [-0.15, -0.1) is 5.10 Å². The van der Waals surface area contributed by atoms with E-state index in [4.69, 9.17) is 11.6 Å². The molecular formula is C13H8ClN3O3S. The summed E-state index contributed by atoms with van der Waals surface area (Å²) < 4.78 is 5.76. The molecule has 1 aromatic carbocycles. The van der Waals surface area contributed by atoms with Gasteiger partial charge in [0.05, 0.1) is 7.11 Å². The molecule has 0 aliphatic rings. The van der Waals surface area contributed by atoms with E-state index in [0.717, 1.165) is 21.4 Å². The molecular weight excluding hydrogens is 314 g/mol. The molecule has 2 aromatic heterocycles. The van der Waals surface area contributed by atoms with Gasteiger partial charge in [0.15, 0.2) is 5.82 Å². The van der Waals surface area contributed by atoms with Crippen LogP contribution >= 0.6 is 22.9 Å². The van der Waals surface area contributed by atoms with E-state index in [2.05, 4.69) is 14.8 Å². The van der Waals surface area contributed by atoms with Crippen molar-refractivity contribution in [2.24, 2.45) is 0 Å². The summed E-state index contributed by atoms with van der Waals surface area (Å²) in [6.45, 7) is 0. The summed E-state index contributed by atoms with van der Waals surface area (Å²) in [7, 11) is 1.26. The van der Waals surface area contributed by atoms with Gasteiger partial charge >= 0.3 is 5.97 Å². The number of hydrogen-bond acceptors (Lipinski definition) is 6. The van der Waals surface area contributed by atoms with Gasteiger partial charge in [0.25, 0.3) is 5.56 Å². The van der Waals surface area contributed by atoms with Gasteiger partial charge in [0.2, 0.25) is 4.96 Å². The van der Waals surface area contributed by atoms with Crippen molar-refractivity contribution < 1.29 is 9.53 Å². The number of halogens is 1. The number of hydrogen-bond donors (Lipinski definition) is 0. The lowest BCUT2D eigenvalue weighted by Gasteiger charge is -1.96. The molecule has 8 heteroatoms. The Balaban J connectivity index is 2.16. The molecule has 0 amide bonds. The number of methoxy groups -OCH3 is 1. The van der Waals surface area contributed by atoms with Gasteiger partial charge < -0.3 is 4.74 Å². The summed E-state index contributed by atoms with van der Waals surface area (Å²) in [5, 5.41) is 4.75. The third-order valence-corrected chi connectivity index (χ3v) is 3.93. The first-order chi connectivity index (χ1) is 10.1. The van der Waals surface area contributed by atoms with Gasteiger partial charge in [0.1, 0.15) is 4.88 Å². The predicted octanol–water partition coefficient (Wildman–Crippen LogP) is 2.26. The van der Waals surface area contributed by atoms with Crippen molar-refractivity contribution >= 4 is 33.9 Å². The largest absolute Gasteiger partial charge is 0.465 e. The topological polar surface area (TPSA) is 73.6 Å². The quantitative estimate of drug-likeness (QED) is 0.677. The molecule has 0 atom stereocenters. The van der Waals surface area contributed by atoms with Crippen molar-refractivity contribution in [2.75, 3.05) is 7.11 Å². The second-order valence-corrected chi connectivity index (χ2v) is 5.52. The Bertz CT molecular complexity index is 886. The number of carbonyl (C=O) groups excluding carboxylic acids is 1. The molecule has 0 radical (unpaired) electrons. The van der Waals surface area contributed by atoms with E-state index >= 15 is 0 Å². The zero-order valence-electron chi connectivity index (χ0n) is 10.7. The van der Waals surface area contributed by atoms with Crippen LogP contribution in [0, 0.1) is 0 Å². The molecule has 0 aliphatic carbocycles. The van der Waals surface area contributed by atoms with Gasteiger partial charge in [-0.05, 0) is 24.3 Å². The van der Waals surface area contributed by atoms with E-state index in [-0.39, 0.29) is 4.88 Å². The molecule has 2 heterocycles. The number of aromatic nitrogens is 3. The highest BCUT2D eigenvalue weighted by Crippen LogP contribution is 2.20. The fraction of sp³-hybridized carbons (Fsp3) is 0.0769. The molecule has 3 rings (SSSR count). The zero-order valence-corrected chi connectivity index (χ0v) is 12.3. The Labute approximate surface area is 127 Å². The average Bonchev–Trinajstić information content (AvgIpc) is 2.91. The van der Waals surface area contributed by atoms with E-state index in [1.165, 1.54) is 13.2 Å². The summed E-state index contributed by atoms with van der Waals surface area (Å²) in [4.78, 5) is 28.2. The molecule has 0 fully saturated rings. The molecule has 0 saturated carbocycles.